The van der Waals surface area contributed by atoms with Crippen LogP contribution in [-0.4, -0.2) is 48.7 Å². The Kier molecular flexibility index (Phi) is 5.43. The minimum absolute atomic E-state index is 0.157. The second-order valence-electron chi connectivity index (χ2n) is 6.80. The number of hydrogen-bond acceptors (Lipinski definition) is 8. The molecule has 160 valence electrons. The highest BCUT2D eigenvalue weighted by Gasteiger charge is 2.57. The number of rotatable bonds is 3. The molecule has 13 heteroatoms. The fourth-order valence-electron chi connectivity index (χ4n) is 3.48. The third kappa shape index (κ3) is 3.44. The molecular formula is C17H17Cl2N5O4S2. The van der Waals surface area contributed by atoms with Crippen LogP contribution in [0.25, 0.3) is 0 Å². The second-order valence-corrected chi connectivity index (χ2v) is 10.7. The molecule has 30 heavy (non-hydrogen) atoms. The molecule has 0 aliphatic carbocycles. The highest BCUT2D eigenvalue weighted by atomic mass is 35.5. The Morgan fingerprint density at radius 1 is 1.43 bits per heavy atom. The Balaban J connectivity index is 1.75. The van der Waals surface area contributed by atoms with Gasteiger partial charge in [0.05, 0.1) is 14.8 Å². The highest BCUT2D eigenvalue weighted by Crippen LogP contribution is 2.49. The second kappa shape index (κ2) is 7.65. The van der Waals surface area contributed by atoms with Crippen LogP contribution in [0.4, 0.5) is 5.82 Å². The third-order valence-electron chi connectivity index (χ3n) is 4.91. The van der Waals surface area contributed by atoms with Crippen molar-refractivity contribution in [1.29, 1.82) is 0 Å². The summed E-state index contributed by atoms with van der Waals surface area (Å²) in [5.41, 5.74) is 3.32. The van der Waals surface area contributed by atoms with Crippen LogP contribution in [0.2, 0.25) is 10.2 Å². The number of nitrogens with two attached hydrogens (primary N) is 1. The highest BCUT2D eigenvalue weighted by molar-refractivity contribution is 7.90. The number of amides is 1. The normalized spacial score (nSPS) is 25.4. The molecule has 2 aromatic heterocycles. The standard InChI is InChI=1S/C17H17Cl2N5O4S2/c1-24-16(20)23-17(6-3-7-28-15(17)30(24,26)27)13-9(18)8-10(29-13)14(25)22-12-5-2-4-11(19)21-12/h2,4-5,8,15H,3,6-7H2,1H3,(H2,20,23)(H,21,22,25)/t15?,17-/m1/s1. The van der Waals surface area contributed by atoms with Crippen LogP contribution in [0, 0.1) is 0 Å². The van der Waals surface area contributed by atoms with E-state index in [9.17, 15) is 13.2 Å². The first-order valence-electron chi connectivity index (χ1n) is 8.83. The topological polar surface area (TPSA) is 127 Å². The van der Waals surface area contributed by atoms with Crippen molar-refractivity contribution < 1.29 is 17.9 Å². The fourth-order valence-corrected chi connectivity index (χ4v) is 6.94. The van der Waals surface area contributed by atoms with Gasteiger partial charge in [-0.25, -0.2) is 22.7 Å². The Bertz CT molecular complexity index is 1150. The summed E-state index contributed by atoms with van der Waals surface area (Å²) < 4.78 is 32.5. The summed E-state index contributed by atoms with van der Waals surface area (Å²) in [5, 5.41) is 3.10. The van der Waals surface area contributed by atoms with Crippen molar-refractivity contribution in [2.24, 2.45) is 10.7 Å². The SMILES string of the molecule is CN1C(N)=N[C@@]2(c3sc(C(=O)Nc4cccc(Cl)n4)cc3Cl)CCCOC2S1(=O)=O. The van der Waals surface area contributed by atoms with Crippen molar-refractivity contribution in [2.75, 3.05) is 19.0 Å². The maximum Gasteiger partial charge on any atom is 0.267 e. The Hall–Kier alpha value is -1.92. The van der Waals surface area contributed by atoms with E-state index < -0.39 is 26.9 Å². The fraction of sp³-hybridized carbons (Fsp3) is 0.353. The van der Waals surface area contributed by atoms with Gasteiger partial charge >= 0.3 is 0 Å². The zero-order chi connectivity index (χ0) is 21.7. The van der Waals surface area contributed by atoms with Gasteiger partial charge in [0.1, 0.15) is 16.5 Å². The van der Waals surface area contributed by atoms with E-state index in [2.05, 4.69) is 15.3 Å². The lowest BCUT2D eigenvalue weighted by atomic mass is 9.91. The van der Waals surface area contributed by atoms with Crippen LogP contribution < -0.4 is 11.1 Å². The zero-order valence-corrected chi connectivity index (χ0v) is 18.8. The van der Waals surface area contributed by atoms with E-state index in [1.54, 1.807) is 18.2 Å². The van der Waals surface area contributed by atoms with E-state index >= 15 is 0 Å². The van der Waals surface area contributed by atoms with E-state index in [0.29, 0.717) is 17.7 Å². The monoisotopic (exact) mass is 489 g/mol. The Morgan fingerprint density at radius 2 is 2.20 bits per heavy atom. The molecule has 1 saturated heterocycles. The number of halogens is 2. The number of fused-ring (bicyclic) bond motifs is 1. The minimum atomic E-state index is -3.92. The van der Waals surface area contributed by atoms with E-state index in [4.69, 9.17) is 33.7 Å². The molecule has 1 unspecified atom stereocenters. The average molecular weight is 490 g/mol. The number of carbonyl (C=O) groups is 1. The van der Waals surface area contributed by atoms with Gasteiger partial charge in [-0.2, -0.15) is 0 Å². The Morgan fingerprint density at radius 3 is 2.93 bits per heavy atom. The van der Waals surface area contributed by atoms with Gasteiger partial charge in [-0.1, -0.05) is 29.3 Å². The molecule has 0 saturated carbocycles. The number of anilines is 1. The molecule has 0 radical (unpaired) electrons. The lowest BCUT2D eigenvalue weighted by molar-refractivity contribution is 0.00334. The van der Waals surface area contributed by atoms with Gasteiger partial charge in [-0.05, 0) is 31.0 Å². The smallest absolute Gasteiger partial charge is 0.267 e. The van der Waals surface area contributed by atoms with E-state index in [1.165, 1.54) is 13.1 Å². The van der Waals surface area contributed by atoms with E-state index in [-0.39, 0.29) is 33.4 Å². The van der Waals surface area contributed by atoms with Crippen molar-refractivity contribution in [3.8, 4) is 0 Å². The molecule has 0 spiro atoms. The quantitative estimate of drug-likeness (QED) is 0.637. The number of ether oxygens (including phenoxy) is 1. The predicted octanol–water partition coefficient (Wildman–Crippen LogP) is 2.62. The predicted molar refractivity (Wildman–Crippen MR) is 115 cm³/mol. The van der Waals surface area contributed by atoms with Crippen molar-refractivity contribution in [2.45, 2.75) is 23.8 Å². The van der Waals surface area contributed by atoms with Crippen LogP contribution >= 0.6 is 34.5 Å². The number of nitrogens with one attached hydrogen (secondary N) is 1. The molecule has 0 bridgehead atoms. The maximum absolute atomic E-state index is 13.0. The van der Waals surface area contributed by atoms with Gasteiger partial charge in [0.2, 0.25) is 11.4 Å². The molecule has 2 atom stereocenters. The molecule has 4 heterocycles. The summed E-state index contributed by atoms with van der Waals surface area (Å²) in [4.78, 5) is 21.9. The number of sulfonamides is 1. The molecule has 4 rings (SSSR count). The minimum Gasteiger partial charge on any atom is -0.369 e. The molecule has 1 fully saturated rings. The number of nitrogens with zero attached hydrogens (tertiary/aromatic N) is 3. The molecule has 1 amide bonds. The van der Waals surface area contributed by atoms with Crippen molar-refractivity contribution in [1.82, 2.24) is 9.29 Å². The van der Waals surface area contributed by atoms with Crippen molar-refractivity contribution in [3.05, 3.63) is 44.2 Å². The lowest BCUT2D eigenvalue weighted by Crippen LogP contribution is -2.59. The largest absolute Gasteiger partial charge is 0.369 e. The van der Waals surface area contributed by atoms with E-state index in [1.807, 2.05) is 0 Å². The van der Waals surface area contributed by atoms with Gasteiger partial charge < -0.3 is 15.8 Å². The molecule has 3 N–H and O–H groups in total. The summed E-state index contributed by atoms with van der Waals surface area (Å²) in [6, 6.07) is 6.31. The van der Waals surface area contributed by atoms with Gasteiger partial charge in [0, 0.05) is 13.7 Å². The third-order valence-corrected chi connectivity index (χ3v) is 8.85. The molecule has 2 aromatic rings. The lowest BCUT2D eigenvalue weighted by Gasteiger charge is -2.44. The van der Waals surface area contributed by atoms with Crippen LogP contribution in [-0.2, 0) is 20.3 Å². The van der Waals surface area contributed by atoms with Crippen molar-refractivity contribution >= 4 is 62.2 Å². The summed E-state index contributed by atoms with van der Waals surface area (Å²) in [6.07, 6.45) is 0.928. The zero-order valence-electron chi connectivity index (χ0n) is 15.6. The number of carbonyl (C=O) groups excluding carboxylic acids is 1. The summed E-state index contributed by atoms with van der Waals surface area (Å²) in [5.74, 6) is -0.338. The number of aromatic nitrogens is 1. The van der Waals surface area contributed by atoms with Crippen LogP contribution in [0.3, 0.4) is 0 Å². The number of hydrogen-bond donors (Lipinski definition) is 2. The molecular weight excluding hydrogens is 473 g/mol. The van der Waals surface area contributed by atoms with E-state index in [0.717, 1.165) is 15.6 Å². The van der Waals surface area contributed by atoms with Crippen molar-refractivity contribution in [3.63, 3.8) is 0 Å². The number of pyridine rings is 1. The Labute approximate surface area is 186 Å². The molecule has 9 nitrogen and oxygen atoms in total. The average Bonchev–Trinajstić information content (AvgIpc) is 3.09. The maximum atomic E-state index is 13.0. The van der Waals surface area contributed by atoms with Gasteiger partial charge in [0.15, 0.2) is 0 Å². The summed E-state index contributed by atoms with van der Waals surface area (Å²) >= 11 is 13.4. The molecule has 0 aromatic carbocycles. The first-order chi connectivity index (χ1) is 14.1. The summed E-state index contributed by atoms with van der Waals surface area (Å²) in [6.45, 7) is 0.270. The summed E-state index contributed by atoms with van der Waals surface area (Å²) in [7, 11) is -2.60. The van der Waals surface area contributed by atoms with Gasteiger partial charge in [-0.15, -0.1) is 11.3 Å². The van der Waals surface area contributed by atoms with Crippen LogP contribution in [0.1, 0.15) is 27.4 Å². The van der Waals surface area contributed by atoms with Crippen LogP contribution in [0.15, 0.2) is 29.3 Å². The molecule has 2 aliphatic rings. The van der Waals surface area contributed by atoms with Gasteiger partial charge in [0.25, 0.3) is 15.9 Å². The molecule has 2 aliphatic heterocycles. The number of guanidine groups is 1. The van der Waals surface area contributed by atoms with Gasteiger partial charge in [-0.3, -0.25) is 4.79 Å². The first-order valence-corrected chi connectivity index (χ1v) is 11.9. The van der Waals surface area contributed by atoms with Crippen LogP contribution in [0.5, 0.6) is 0 Å². The number of thiophene rings is 1. The first kappa shape index (κ1) is 21.3. The number of aliphatic imine (C=N–C) groups is 1.